The van der Waals surface area contributed by atoms with Crippen molar-refractivity contribution in [1.29, 1.82) is 0 Å². The maximum Gasteiger partial charge on any atom is 0.0814 e. The third-order valence-electron chi connectivity index (χ3n) is 5.17. The lowest BCUT2D eigenvalue weighted by Crippen LogP contribution is -2.46. The minimum absolute atomic E-state index is 0.0460. The van der Waals surface area contributed by atoms with Crippen molar-refractivity contribution in [3.05, 3.63) is 35.9 Å². The fourth-order valence-electron chi connectivity index (χ4n) is 3.41. The molecule has 0 aliphatic heterocycles. The molecule has 3 rings (SSSR count). The van der Waals surface area contributed by atoms with Crippen LogP contribution in [0.25, 0.3) is 0 Å². The molecule has 0 bridgehead atoms. The van der Waals surface area contributed by atoms with E-state index in [1.165, 1.54) is 44.1 Å². The number of ether oxygens (including phenoxy) is 1. The lowest BCUT2D eigenvalue weighted by molar-refractivity contribution is -0.113. The predicted octanol–water partition coefficient (Wildman–Crippen LogP) is 4.47. The van der Waals surface area contributed by atoms with Crippen LogP contribution >= 0.6 is 0 Å². The molecule has 2 saturated carbocycles. The first-order valence-electron chi connectivity index (χ1n) is 8.63. The van der Waals surface area contributed by atoms with Crippen molar-refractivity contribution >= 4 is 0 Å². The van der Waals surface area contributed by atoms with E-state index in [0.717, 1.165) is 18.5 Å². The van der Waals surface area contributed by atoms with Crippen molar-refractivity contribution in [3.8, 4) is 0 Å². The summed E-state index contributed by atoms with van der Waals surface area (Å²) in [6, 6.07) is 11.4. The van der Waals surface area contributed by atoms with Crippen LogP contribution in [0.2, 0.25) is 0 Å². The highest BCUT2D eigenvalue weighted by Crippen LogP contribution is 2.38. The van der Waals surface area contributed by atoms with Crippen molar-refractivity contribution < 1.29 is 4.74 Å². The Balaban J connectivity index is 1.65. The number of rotatable bonds is 6. The topological polar surface area (TPSA) is 21.3 Å². The second kappa shape index (κ2) is 6.50. The first-order chi connectivity index (χ1) is 10.2. The molecule has 0 saturated heterocycles. The van der Waals surface area contributed by atoms with E-state index in [0.29, 0.717) is 0 Å². The molecule has 2 aliphatic rings. The van der Waals surface area contributed by atoms with E-state index in [9.17, 15) is 0 Å². The fourth-order valence-corrected chi connectivity index (χ4v) is 3.41. The molecule has 0 heterocycles. The number of benzene rings is 1. The van der Waals surface area contributed by atoms with Gasteiger partial charge in [-0.05, 0) is 56.9 Å². The Kier molecular flexibility index (Phi) is 4.66. The normalized spacial score (nSPS) is 31.0. The third kappa shape index (κ3) is 4.08. The Morgan fingerprint density at radius 2 is 1.81 bits per heavy atom. The van der Waals surface area contributed by atoms with Crippen molar-refractivity contribution in [3.63, 3.8) is 0 Å². The third-order valence-corrected chi connectivity index (χ3v) is 5.17. The van der Waals surface area contributed by atoms with Gasteiger partial charge < -0.3 is 10.1 Å². The van der Waals surface area contributed by atoms with E-state index in [1.807, 2.05) is 0 Å². The van der Waals surface area contributed by atoms with Crippen LogP contribution in [0.1, 0.15) is 64.0 Å². The van der Waals surface area contributed by atoms with Crippen LogP contribution in [0, 0.1) is 5.92 Å². The Morgan fingerprint density at radius 1 is 1.14 bits per heavy atom. The maximum atomic E-state index is 6.63. The molecule has 0 spiro atoms. The van der Waals surface area contributed by atoms with Gasteiger partial charge in [-0.3, -0.25) is 0 Å². The Labute approximate surface area is 129 Å². The van der Waals surface area contributed by atoms with Crippen LogP contribution in [-0.2, 0) is 4.74 Å². The molecule has 0 radical (unpaired) electrons. The largest absolute Gasteiger partial charge is 0.366 e. The zero-order chi connectivity index (χ0) is 14.7. The molecular formula is C19H29NO. The van der Waals surface area contributed by atoms with Gasteiger partial charge in [0.15, 0.2) is 0 Å². The smallest absolute Gasteiger partial charge is 0.0814 e. The van der Waals surface area contributed by atoms with Gasteiger partial charge in [0.1, 0.15) is 0 Å². The highest BCUT2D eigenvalue weighted by atomic mass is 16.5. The van der Waals surface area contributed by atoms with Crippen LogP contribution in [-0.4, -0.2) is 18.2 Å². The standard InChI is InChI=1S/C19H29NO/c1-15-10-12-19(13-11-15,14-20-18-8-9-18)21-16(2)17-6-4-3-5-7-17/h3-7,15-16,18,20H,8-14H2,1-2H3. The summed E-state index contributed by atoms with van der Waals surface area (Å²) in [5, 5.41) is 3.71. The number of hydrogen-bond donors (Lipinski definition) is 1. The highest BCUT2D eigenvalue weighted by molar-refractivity contribution is 5.17. The van der Waals surface area contributed by atoms with Crippen molar-refractivity contribution in [2.24, 2.45) is 5.92 Å². The lowest BCUT2D eigenvalue weighted by Gasteiger charge is -2.41. The van der Waals surface area contributed by atoms with Crippen molar-refractivity contribution in [2.75, 3.05) is 6.54 Å². The van der Waals surface area contributed by atoms with Gasteiger partial charge >= 0.3 is 0 Å². The Morgan fingerprint density at radius 3 is 2.43 bits per heavy atom. The van der Waals surface area contributed by atoms with E-state index >= 15 is 0 Å². The molecule has 0 amide bonds. The molecule has 2 aliphatic carbocycles. The Bertz CT molecular complexity index is 432. The van der Waals surface area contributed by atoms with E-state index in [1.54, 1.807) is 0 Å². The average molecular weight is 287 g/mol. The van der Waals surface area contributed by atoms with Crippen molar-refractivity contribution in [2.45, 2.75) is 70.1 Å². The summed E-state index contributed by atoms with van der Waals surface area (Å²) in [6.45, 7) is 5.60. The molecular weight excluding hydrogens is 258 g/mol. The minimum atomic E-state index is 0.0460. The second-order valence-electron chi connectivity index (χ2n) is 7.19. The molecule has 0 aromatic heterocycles. The average Bonchev–Trinajstić information content (AvgIpc) is 3.33. The summed E-state index contributed by atoms with van der Waals surface area (Å²) in [4.78, 5) is 0. The zero-order valence-corrected chi connectivity index (χ0v) is 13.5. The van der Waals surface area contributed by atoms with Crippen LogP contribution in [0.3, 0.4) is 0 Å². The van der Waals surface area contributed by atoms with Gasteiger partial charge in [-0.15, -0.1) is 0 Å². The van der Waals surface area contributed by atoms with Crippen LogP contribution in [0.15, 0.2) is 30.3 Å². The van der Waals surface area contributed by atoms with E-state index in [2.05, 4.69) is 49.5 Å². The second-order valence-corrected chi connectivity index (χ2v) is 7.19. The maximum absolute atomic E-state index is 6.63. The van der Waals surface area contributed by atoms with Gasteiger partial charge in [-0.25, -0.2) is 0 Å². The molecule has 1 N–H and O–H groups in total. The molecule has 1 aromatic rings. The SMILES string of the molecule is CC1CCC(CNC2CC2)(OC(C)c2ccccc2)CC1. The Hall–Kier alpha value is -0.860. The number of hydrogen-bond acceptors (Lipinski definition) is 2. The van der Waals surface area contributed by atoms with Gasteiger partial charge in [0.2, 0.25) is 0 Å². The molecule has 2 nitrogen and oxygen atoms in total. The van der Waals surface area contributed by atoms with Crippen molar-refractivity contribution in [1.82, 2.24) is 5.32 Å². The summed E-state index contributed by atoms with van der Waals surface area (Å²) in [7, 11) is 0. The monoisotopic (exact) mass is 287 g/mol. The molecule has 1 unspecified atom stereocenters. The van der Waals surface area contributed by atoms with Crippen LogP contribution in [0.5, 0.6) is 0 Å². The molecule has 1 atom stereocenters. The quantitative estimate of drug-likeness (QED) is 0.833. The van der Waals surface area contributed by atoms with Crippen LogP contribution in [0.4, 0.5) is 0 Å². The van der Waals surface area contributed by atoms with Gasteiger partial charge in [-0.2, -0.15) is 0 Å². The molecule has 21 heavy (non-hydrogen) atoms. The molecule has 1 aromatic carbocycles. The van der Waals surface area contributed by atoms with E-state index < -0.39 is 0 Å². The first-order valence-corrected chi connectivity index (χ1v) is 8.63. The first kappa shape index (κ1) is 15.1. The van der Waals surface area contributed by atoms with Gasteiger partial charge in [0, 0.05) is 12.6 Å². The predicted molar refractivity (Wildman–Crippen MR) is 87.3 cm³/mol. The summed E-state index contributed by atoms with van der Waals surface area (Å²) >= 11 is 0. The lowest BCUT2D eigenvalue weighted by atomic mass is 9.79. The minimum Gasteiger partial charge on any atom is -0.366 e. The summed E-state index contributed by atoms with van der Waals surface area (Å²) in [5.41, 5.74) is 1.34. The summed E-state index contributed by atoms with van der Waals surface area (Å²) in [5.74, 6) is 0.856. The molecule has 2 heteroatoms. The van der Waals surface area contributed by atoms with Gasteiger partial charge in [-0.1, -0.05) is 37.3 Å². The van der Waals surface area contributed by atoms with Gasteiger partial charge in [0.25, 0.3) is 0 Å². The molecule has 2 fully saturated rings. The highest BCUT2D eigenvalue weighted by Gasteiger charge is 2.38. The van der Waals surface area contributed by atoms with E-state index in [4.69, 9.17) is 4.74 Å². The zero-order valence-electron chi connectivity index (χ0n) is 13.5. The number of nitrogens with one attached hydrogen (secondary N) is 1. The summed E-state index contributed by atoms with van der Waals surface area (Å²) in [6.07, 6.45) is 7.87. The molecule has 116 valence electrons. The van der Waals surface area contributed by atoms with E-state index in [-0.39, 0.29) is 11.7 Å². The fraction of sp³-hybridized carbons (Fsp3) is 0.684. The van der Waals surface area contributed by atoms with Crippen LogP contribution < -0.4 is 5.32 Å². The van der Waals surface area contributed by atoms with Gasteiger partial charge in [0.05, 0.1) is 11.7 Å². The summed E-state index contributed by atoms with van der Waals surface area (Å²) < 4.78 is 6.63.